The van der Waals surface area contributed by atoms with Crippen molar-refractivity contribution >= 4 is 11.6 Å². The molecule has 0 atom stereocenters. The summed E-state index contributed by atoms with van der Waals surface area (Å²) in [4.78, 5) is 0. The van der Waals surface area contributed by atoms with Gasteiger partial charge in [0.15, 0.2) is 0 Å². The van der Waals surface area contributed by atoms with Gasteiger partial charge in [-0.25, -0.2) is 0 Å². The van der Waals surface area contributed by atoms with E-state index in [2.05, 4.69) is 21.1 Å². The van der Waals surface area contributed by atoms with E-state index in [1.54, 1.807) is 0 Å². The Balaban J connectivity index is 2.23. The predicted octanol–water partition coefficient (Wildman–Crippen LogP) is 2.56. The molecule has 0 heterocycles. The molecular weight excluding hydrogens is 210 g/mol. The van der Waals surface area contributed by atoms with Crippen LogP contribution in [0, 0.1) is 0 Å². The van der Waals surface area contributed by atoms with Crippen LogP contribution < -0.4 is 0 Å². The molecule has 15 heavy (non-hydrogen) atoms. The fraction of sp³-hybridized carbons (Fsp3) is 0.500. The van der Waals surface area contributed by atoms with Crippen molar-refractivity contribution in [2.45, 2.75) is 6.61 Å². The average Bonchev–Trinajstić information content (AvgIpc) is 2.14. The number of benzene rings is 1. The lowest BCUT2D eigenvalue weighted by Gasteiger charge is -2.23. The molecule has 0 N–H and O–H groups in total. The Hall–Kier alpha value is -0.570. The molecular formula is C12H19ClNO+. The van der Waals surface area contributed by atoms with Crippen LogP contribution in [0.2, 0.25) is 5.02 Å². The lowest BCUT2D eigenvalue weighted by Crippen LogP contribution is -2.37. The second kappa shape index (κ2) is 5.50. The van der Waals surface area contributed by atoms with E-state index in [-0.39, 0.29) is 0 Å². The van der Waals surface area contributed by atoms with E-state index in [9.17, 15) is 0 Å². The average molecular weight is 229 g/mol. The maximum atomic E-state index is 5.79. The number of hydrogen-bond donors (Lipinski definition) is 0. The lowest BCUT2D eigenvalue weighted by atomic mass is 10.2. The third kappa shape index (κ3) is 5.78. The summed E-state index contributed by atoms with van der Waals surface area (Å²) in [5.74, 6) is 0. The fourth-order valence-corrected chi connectivity index (χ4v) is 1.24. The predicted molar refractivity (Wildman–Crippen MR) is 64.0 cm³/mol. The number of likely N-dealkylation sites (N-methyl/N-ethyl adjacent to an activating group) is 1. The smallest absolute Gasteiger partial charge is 0.102 e. The van der Waals surface area contributed by atoms with Crippen LogP contribution in [0.5, 0.6) is 0 Å². The van der Waals surface area contributed by atoms with Gasteiger partial charge in [-0.05, 0) is 17.7 Å². The molecule has 1 rings (SSSR count). The normalized spacial score (nSPS) is 11.7. The van der Waals surface area contributed by atoms with Gasteiger partial charge in [0.1, 0.15) is 6.54 Å². The molecule has 2 nitrogen and oxygen atoms in total. The molecule has 0 bridgehead atoms. The highest BCUT2D eigenvalue weighted by molar-refractivity contribution is 6.30. The van der Waals surface area contributed by atoms with Crippen molar-refractivity contribution in [2.24, 2.45) is 0 Å². The van der Waals surface area contributed by atoms with Crippen molar-refractivity contribution in [1.29, 1.82) is 0 Å². The van der Waals surface area contributed by atoms with Crippen molar-refractivity contribution in [2.75, 3.05) is 34.3 Å². The first-order chi connectivity index (χ1) is 6.97. The SMILES string of the molecule is C[N+](C)(C)CCOCc1ccc(Cl)cc1. The highest BCUT2D eigenvalue weighted by Gasteiger charge is 2.05. The summed E-state index contributed by atoms with van der Waals surface area (Å²) < 4.78 is 6.51. The maximum absolute atomic E-state index is 5.79. The summed E-state index contributed by atoms with van der Waals surface area (Å²) in [6.07, 6.45) is 0. The minimum Gasteiger partial charge on any atom is -0.371 e. The first-order valence-corrected chi connectivity index (χ1v) is 5.48. The first-order valence-electron chi connectivity index (χ1n) is 5.10. The molecule has 0 aliphatic carbocycles. The Morgan fingerprint density at radius 1 is 1.13 bits per heavy atom. The summed E-state index contributed by atoms with van der Waals surface area (Å²) in [6, 6.07) is 7.77. The van der Waals surface area contributed by atoms with Gasteiger partial charge in [-0.15, -0.1) is 0 Å². The zero-order valence-corrected chi connectivity index (χ0v) is 10.4. The standard InChI is InChI=1S/C12H19ClNO/c1-14(2,3)8-9-15-10-11-4-6-12(13)7-5-11/h4-7H,8-10H2,1-3H3/q+1. The molecule has 0 aliphatic heterocycles. The molecule has 3 heteroatoms. The number of quaternary nitrogens is 1. The monoisotopic (exact) mass is 228 g/mol. The topological polar surface area (TPSA) is 9.23 Å². The number of rotatable bonds is 5. The van der Waals surface area contributed by atoms with Gasteiger partial charge >= 0.3 is 0 Å². The highest BCUT2D eigenvalue weighted by atomic mass is 35.5. The van der Waals surface area contributed by atoms with E-state index >= 15 is 0 Å². The minimum absolute atomic E-state index is 0.664. The number of ether oxygens (including phenoxy) is 1. The van der Waals surface area contributed by atoms with E-state index in [0.717, 1.165) is 22.7 Å². The van der Waals surface area contributed by atoms with Crippen LogP contribution >= 0.6 is 11.6 Å². The summed E-state index contributed by atoms with van der Waals surface area (Å²) >= 11 is 5.79. The van der Waals surface area contributed by atoms with Crippen LogP contribution in [0.25, 0.3) is 0 Å². The molecule has 0 spiro atoms. The van der Waals surface area contributed by atoms with Crippen molar-refractivity contribution in [3.05, 3.63) is 34.9 Å². The Morgan fingerprint density at radius 2 is 1.73 bits per heavy atom. The first kappa shape index (κ1) is 12.5. The van der Waals surface area contributed by atoms with Crippen LogP contribution in [-0.2, 0) is 11.3 Å². The van der Waals surface area contributed by atoms with Crippen molar-refractivity contribution in [3.63, 3.8) is 0 Å². The zero-order valence-electron chi connectivity index (χ0n) is 9.66. The fourth-order valence-electron chi connectivity index (χ4n) is 1.11. The second-order valence-corrected chi connectivity index (χ2v) is 5.13. The van der Waals surface area contributed by atoms with Crippen molar-refractivity contribution in [3.8, 4) is 0 Å². The molecule has 84 valence electrons. The van der Waals surface area contributed by atoms with Gasteiger partial charge in [0.2, 0.25) is 0 Å². The summed E-state index contributed by atoms with van der Waals surface area (Å²) in [5, 5.41) is 0.769. The summed E-state index contributed by atoms with van der Waals surface area (Å²) in [6.45, 7) is 2.47. The lowest BCUT2D eigenvalue weighted by molar-refractivity contribution is -0.870. The number of nitrogens with zero attached hydrogens (tertiary/aromatic N) is 1. The molecule has 0 saturated carbocycles. The van der Waals surface area contributed by atoms with E-state index < -0.39 is 0 Å². The molecule has 0 aromatic heterocycles. The van der Waals surface area contributed by atoms with Crippen LogP contribution in [0.4, 0.5) is 0 Å². The van der Waals surface area contributed by atoms with E-state index in [1.165, 1.54) is 5.56 Å². The van der Waals surface area contributed by atoms with Gasteiger partial charge in [-0.3, -0.25) is 0 Å². The zero-order chi connectivity index (χ0) is 11.3. The van der Waals surface area contributed by atoms with Crippen LogP contribution in [0.1, 0.15) is 5.56 Å². The quantitative estimate of drug-likeness (QED) is 0.556. The van der Waals surface area contributed by atoms with E-state index in [1.807, 2.05) is 24.3 Å². The molecule has 0 saturated heterocycles. The molecule has 0 amide bonds. The van der Waals surface area contributed by atoms with Gasteiger partial charge in [-0.1, -0.05) is 23.7 Å². The van der Waals surface area contributed by atoms with Gasteiger partial charge in [-0.2, -0.15) is 0 Å². The third-order valence-electron chi connectivity index (χ3n) is 2.09. The molecule has 1 aromatic carbocycles. The van der Waals surface area contributed by atoms with Gasteiger partial charge in [0, 0.05) is 5.02 Å². The Labute approximate surface area is 97.0 Å². The Kier molecular flexibility index (Phi) is 4.58. The van der Waals surface area contributed by atoms with Crippen LogP contribution in [0.15, 0.2) is 24.3 Å². The molecule has 0 fully saturated rings. The Bertz CT molecular complexity index is 289. The number of halogens is 1. The van der Waals surface area contributed by atoms with Crippen LogP contribution in [0.3, 0.4) is 0 Å². The van der Waals surface area contributed by atoms with E-state index in [0.29, 0.717) is 6.61 Å². The van der Waals surface area contributed by atoms with Gasteiger partial charge in [0.25, 0.3) is 0 Å². The molecule has 0 unspecified atom stereocenters. The molecule has 0 aliphatic rings. The third-order valence-corrected chi connectivity index (χ3v) is 2.34. The minimum atomic E-state index is 0.664. The summed E-state index contributed by atoms with van der Waals surface area (Å²) in [7, 11) is 6.48. The van der Waals surface area contributed by atoms with Crippen molar-refractivity contribution < 1.29 is 9.22 Å². The van der Waals surface area contributed by atoms with Crippen LogP contribution in [-0.4, -0.2) is 38.8 Å². The summed E-state index contributed by atoms with van der Waals surface area (Å²) in [5.41, 5.74) is 1.17. The maximum Gasteiger partial charge on any atom is 0.102 e. The van der Waals surface area contributed by atoms with Gasteiger partial charge < -0.3 is 9.22 Å². The molecule has 0 radical (unpaired) electrons. The highest BCUT2D eigenvalue weighted by Crippen LogP contribution is 2.10. The number of hydrogen-bond acceptors (Lipinski definition) is 1. The van der Waals surface area contributed by atoms with Crippen molar-refractivity contribution in [1.82, 2.24) is 0 Å². The Morgan fingerprint density at radius 3 is 2.27 bits per heavy atom. The largest absolute Gasteiger partial charge is 0.371 e. The molecule has 1 aromatic rings. The second-order valence-electron chi connectivity index (χ2n) is 4.69. The van der Waals surface area contributed by atoms with E-state index in [4.69, 9.17) is 16.3 Å². The van der Waals surface area contributed by atoms with Gasteiger partial charge in [0.05, 0.1) is 34.4 Å².